The van der Waals surface area contributed by atoms with Gasteiger partial charge in [-0.05, 0) is 12.8 Å². The van der Waals surface area contributed by atoms with E-state index in [0.717, 1.165) is 19.4 Å². The van der Waals surface area contributed by atoms with Gasteiger partial charge in [-0.1, -0.05) is 0 Å². The molecule has 0 saturated carbocycles. The van der Waals surface area contributed by atoms with Crippen LogP contribution in [0.15, 0.2) is 0 Å². The van der Waals surface area contributed by atoms with Gasteiger partial charge in [-0.15, -0.1) is 0 Å². The second kappa shape index (κ2) is 6.15. The molecule has 0 aromatic rings. The van der Waals surface area contributed by atoms with Crippen LogP contribution in [-0.2, 0) is 14.3 Å². The van der Waals surface area contributed by atoms with Gasteiger partial charge in [0.2, 0.25) is 5.91 Å². The Labute approximate surface area is 106 Å². The predicted molar refractivity (Wildman–Crippen MR) is 64.2 cm³/mol. The van der Waals surface area contributed by atoms with E-state index in [2.05, 4.69) is 0 Å². The maximum Gasteiger partial charge on any atom is 0.317 e. The highest BCUT2D eigenvalue weighted by molar-refractivity contribution is 5.79. The van der Waals surface area contributed by atoms with Crippen molar-refractivity contribution in [1.82, 2.24) is 9.80 Å². The van der Waals surface area contributed by atoms with Crippen LogP contribution in [0.5, 0.6) is 0 Å². The monoisotopic (exact) mass is 256 g/mol. The number of rotatable bonds is 3. The van der Waals surface area contributed by atoms with Gasteiger partial charge in [0.15, 0.2) is 0 Å². The fraction of sp³-hybridized carbons (Fsp3) is 0.833. The van der Waals surface area contributed by atoms with Gasteiger partial charge in [-0.2, -0.15) is 0 Å². The summed E-state index contributed by atoms with van der Waals surface area (Å²) in [7, 11) is 0. The third-order valence-corrected chi connectivity index (χ3v) is 3.55. The number of carboxylic acid groups (broad SMARTS) is 1. The van der Waals surface area contributed by atoms with Crippen molar-refractivity contribution in [3.63, 3.8) is 0 Å². The molecule has 0 radical (unpaired) electrons. The summed E-state index contributed by atoms with van der Waals surface area (Å²) in [6, 6.07) is 0. The fourth-order valence-electron chi connectivity index (χ4n) is 2.51. The lowest BCUT2D eigenvalue weighted by molar-refractivity contribution is -0.142. The first-order chi connectivity index (χ1) is 8.66. The smallest absolute Gasteiger partial charge is 0.317 e. The molecule has 1 atom stereocenters. The van der Waals surface area contributed by atoms with Crippen molar-refractivity contribution in [3.8, 4) is 0 Å². The number of ether oxygens (including phenoxy) is 1. The van der Waals surface area contributed by atoms with Crippen molar-refractivity contribution in [2.24, 2.45) is 5.92 Å². The third-order valence-electron chi connectivity index (χ3n) is 3.55. The fourth-order valence-corrected chi connectivity index (χ4v) is 2.51. The zero-order chi connectivity index (χ0) is 13.0. The van der Waals surface area contributed by atoms with Gasteiger partial charge in [0.05, 0.1) is 19.1 Å². The van der Waals surface area contributed by atoms with E-state index in [1.807, 2.05) is 9.80 Å². The maximum atomic E-state index is 12.2. The molecule has 102 valence electrons. The Balaban J connectivity index is 1.78. The Morgan fingerprint density at radius 2 is 1.94 bits per heavy atom. The molecule has 2 heterocycles. The van der Waals surface area contributed by atoms with Gasteiger partial charge < -0.3 is 14.7 Å². The average molecular weight is 256 g/mol. The van der Waals surface area contributed by atoms with Crippen LogP contribution in [-0.4, -0.2) is 72.7 Å². The van der Waals surface area contributed by atoms with Crippen LogP contribution in [0.4, 0.5) is 0 Å². The number of piperazine rings is 1. The molecule has 0 spiro atoms. The van der Waals surface area contributed by atoms with Crippen LogP contribution in [0.1, 0.15) is 12.8 Å². The highest BCUT2D eigenvalue weighted by atomic mass is 16.5. The molecule has 6 nitrogen and oxygen atoms in total. The Morgan fingerprint density at radius 3 is 2.50 bits per heavy atom. The first-order valence-electron chi connectivity index (χ1n) is 6.47. The maximum absolute atomic E-state index is 12.2. The Bertz CT molecular complexity index is 307. The molecular formula is C12H20N2O4. The number of carboxylic acids is 1. The summed E-state index contributed by atoms with van der Waals surface area (Å²) >= 11 is 0. The normalized spacial score (nSPS) is 26.0. The van der Waals surface area contributed by atoms with Crippen molar-refractivity contribution in [2.45, 2.75) is 12.8 Å². The molecule has 2 fully saturated rings. The number of nitrogens with zero attached hydrogens (tertiary/aromatic N) is 2. The number of amides is 1. The van der Waals surface area contributed by atoms with Crippen molar-refractivity contribution < 1.29 is 19.4 Å². The van der Waals surface area contributed by atoms with E-state index in [1.54, 1.807) is 0 Å². The summed E-state index contributed by atoms with van der Waals surface area (Å²) in [5, 5.41) is 8.71. The van der Waals surface area contributed by atoms with E-state index in [-0.39, 0.29) is 18.4 Å². The molecule has 0 bridgehead atoms. The number of carbonyl (C=O) groups excluding carboxylic acids is 1. The number of carbonyl (C=O) groups is 2. The van der Waals surface area contributed by atoms with Crippen molar-refractivity contribution >= 4 is 11.9 Å². The van der Waals surface area contributed by atoms with Crippen LogP contribution >= 0.6 is 0 Å². The lowest BCUT2D eigenvalue weighted by Gasteiger charge is -2.36. The van der Waals surface area contributed by atoms with E-state index in [4.69, 9.17) is 9.84 Å². The van der Waals surface area contributed by atoms with Crippen molar-refractivity contribution in [3.05, 3.63) is 0 Å². The van der Waals surface area contributed by atoms with E-state index >= 15 is 0 Å². The first kappa shape index (κ1) is 13.3. The largest absolute Gasteiger partial charge is 0.480 e. The Hall–Kier alpha value is -1.14. The van der Waals surface area contributed by atoms with Crippen LogP contribution in [0.2, 0.25) is 0 Å². The molecule has 2 aliphatic heterocycles. The first-order valence-corrected chi connectivity index (χ1v) is 6.47. The van der Waals surface area contributed by atoms with Gasteiger partial charge >= 0.3 is 5.97 Å². The third kappa shape index (κ3) is 3.43. The lowest BCUT2D eigenvalue weighted by Crippen LogP contribution is -2.52. The quantitative estimate of drug-likeness (QED) is 0.747. The summed E-state index contributed by atoms with van der Waals surface area (Å²) in [5.74, 6) is -0.634. The molecule has 6 heteroatoms. The van der Waals surface area contributed by atoms with E-state index in [9.17, 15) is 9.59 Å². The van der Waals surface area contributed by atoms with Gasteiger partial charge in [-0.3, -0.25) is 14.5 Å². The highest BCUT2D eigenvalue weighted by Gasteiger charge is 2.29. The molecule has 1 unspecified atom stereocenters. The second-order valence-electron chi connectivity index (χ2n) is 4.91. The average Bonchev–Trinajstić information content (AvgIpc) is 2.39. The zero-order valence-electron chi connectivity index (χ0n) is 10.5. The molecule has 2 rings (SSSR count). The molecule has 18 heavy (non-hydrogen) atoms. The molecule has 2 saturated heterocycles. The molecule has 0 aromatic heterocycles. The van der Waals surface area contributed by atoms with Gasteiger partial charge in [0, 0.05) is 32.8 Å². The molecule has 1 amide bonds. The lowest BCUT2D eigenvalue weighted by atomic mass is 10.0. The van der Waals surface area contributed by atoms with E-state index in [0.29, 0.717) is 32.8 Å². The number of aliphatic carboxylic acids is 1. The topological polar surface area (TPSA) is 70.1 Å². The Kier molecular flexibility index (Phi) is 4.54. The summed E-state index contributed by atoms with van der Waals surface area (Å²) in [4.78, 5) is 26.5. The van der Waals surface area contributed by atoms with Crippen LogP contribution < -0.4 is 0 Å². The highest BCUT2D eigenvalue weighted by Crippen LogP contribution is 2.17. The minimum Gasteiger partial charge on any atom is -0.480 e. The summed E-state index contributed by atoms with van der Waals surface area (Å²) < 4.78 is 5.33. The zero-order valence-corrected chi connectivity index (χ0v) is 10.5. The standard InChI is InChI=1S/C12H20N2O4/c15-11(16)8-13-3-5-14(6-4-13)12(17)10-2-1-7-18-9-10/h10H,1-9H2,(H,15,16). The summed E-state index contributed by atoms with van der Waals surface area (Å²) in [6.07, 6.45) is 1.86. The molecule has 2 aliphatic rings. The minimum atomic E-state index is -0.810. The van der Waals surface area contributed by atoms with Crippen LogP contribution in [0.3, 0.4) is 0 Å². The summed E-state index contributed by atoms with van der Waals surface area (Å²) in [5.41, 5.74) is 0. The predicted octanol–water partition coefficient (Wildman–Crippen LogP) is -0.358. The molecule has 1 N–H and O–H groups in total. The minimum absolute atomic E-state index is 0.00442. The molecule has 0 aromatic carbocycles. The van der Waals surface area contributed by atoms with E-state index in [1.165, 1.54) is 0 Å². The molecule has 0 aliphatic carbocycles. The van der Waals surface area contributed by atoms with E-state index < -0.39 is 5.97 Å². The summed E-state index contributed by atoms with van der Waals surface area (Å²) in [6.45, 7) is 3.90. The van der Waals surface area contributed by atoms with Crippen molar-refractivity contribution in [2.75, 3.05) is 45.9 Å². The van der Waals surface area contributed by atoms with Gasteiger partial charge in [0.25, 0.3) is 0 Å². The second-order valence-corrected chi connectivity index (χ2v) is 4.91. The van der Waals surface area contributed by atoms with Crippen LogP contribution in [0, 0.1) is 5.92 Å². The molecular weight excluding hydrogens is 236 g/mol. The van der Waals surface area contributed by atoms with Crippen LogP contribution in [0.25, 0.3) is 0 Å². The Morgan fingerprint density at radius 1 is 1.22 bits per heavy atom. The number of hydrogen-bond donors (Lipinski definition) is 1. The number of hydrogen-bond acceptors (Lipinski definition) is 4. The van der Waals surface area contributed by atoms with Gasteiger partial charge in [-0.25, -0.2) is 0 Å². The van der Waals surface area contributed by atoms with Crippen molar-refractivity contribution in [1.29, 1.82) is 0 Å². The SMILES string of the molecule is O=C(O)CN1CCN(C(=O)C2CCCOC2)CC1. The van der Waals surface area contributed by atoms with Gasteiger partial charge in [0.1, 0.15) is 0 Å².